The van der Waals surface area contributed by atoms with E-state index in [2.05, 4.69) is 4.72 Å². The van der Waals surface area contributed by atoms with Crippen LogP contribution in [0.25, 0.3) is 0 Å². The highest BCUT2D eigenvalue weighted by atomic mass is 35.5. The quantitative estimate of drug-likeness (QED) is 0.823. The molecular weight excluding hydrogens is 286 g/mol. The van der Waals surface area contributed by atoms with E-state index < -0.39 is 10.0 Å². The molecule has 0 saturated heterocycles. The molecule has 1 unspecified atom stereocenters. The fourth-order valence-corrected chi connectivity index (χ4v) is 3.60. The van der Waals surface area contributed by atoms with Crippen LogP contribution in [0, 0.1) is 0 Å². The molecule has 1 rings (SSSR count). The molecule has 108 valence electrons. The first-order valence-corrected chi connectivity index (χ1v) is 7.78. The highest BCUT2D eigenvalue weighted by Crippen LogP contribution is 2.22. The average molecular weight is 306 g/mol. The molecule has 0 aliphatic rings. The molecule has 1 aromatic rings. The van der Waals surface area contributed by atoms with Crippen LogP contribution in [0.4, 0.5) is 0 Å². The van der Waals surface area contributed by atoms with E-state index in [-0.39, 0.29) is 16.0 Å². The van der Waals surface area contributed by atoms with Gasteiger partial charge in [-0.1, -0.05) is 17.7 Å². The normalized spacial score (nSPS) is 13.8. The second kappa shape index (κ2) is 6.67. The van der Waals surface area contributed by atoms with Gasteiger partial charge in [0.1, 0.15) is 4.90 Å². The van der Waals surface area contributed by atoms with Gasteiger partial charge in [0.2, 0.25) is 10.0 Å². The third-order valence-electron chi connectivity index (χ3n) is 2.52. The summed E-state index contributed by atoms with van der Waals surface area (Å²) in [6.45, 7) is 2.74. The maximum atomic E-state index is 12.2. The number of sulfonamides is 1. The second-order valence-electron chi connectivity index (χ2n) is 4.75. The molecule has 3 N–H and O–H groups in total. The number of hydrogen-bond donors (Lipinski definition) is 2. The lowest BCUT2D eigenvalue weighted by molar-refractivity contribution is 0.370. The summed E-state index contributed by atoms with van der Waals surface area (Å²) < 4.78 is 27.0. The summed E-state index contributed by atoms with van der Waals surface area (Å²) in [7, 11) is 0.155. The fourth-order valence-electron chi connectivity index (χ4n) is 1.80. The Kier molecular flexibility index (Phi) is 5.76. The largest absolute Gasteiger partial charge is 0.326 e. The Morgan fingerprint density at radius 2 is 2.05 bits per heavy atom. The van der Waals surface area contributed by atoms with Crippen molar-refractivity contribution in [2.24, 2.45) is 5.73 Å². The van der Waals surface area contributed by atoms with Crippen LogP contribution in [0.15, 0.2) is 23.1 Å². The van der Waals surface area contributed by atoms with Gasteiger partial charge in [0.25, 0.3) is 0 Å². The van der Waals surface area contributed by atoms with Gasteiger partial charge in [-0.2, -0.15) is 0 Å². The number of nitrogens with two attached hydrogens (primary N) is 1. The van der Waals surface area contributed by atoms with E-state index in [4.69, 9.17) is 17.3 Å². The van der Waals surface area contributed by atoms with Crippen LogP contribution < -0.4 is 10.5 Å². The van der Waals surface area contributed by atoms with Gasteiger partial charge in [0.15, 0.2) is 0 Å². The molecule has 0 fully saturated rings. The number of nitrogens with one attached hydrogen (secondary N) is 1. The Balaban J connectivity index is 2.94. The summed E-state index contributed by atoms with van der Waals surface area (Å²) in [5.41, 5.74) is 6.28. The average Bonchev–Trinajstić information content (AvgIpc) is 2.26. The highest BCUT2D eigenvalue weighted by molar-refractivity contribution is 7.89. The lowest BCUT2D eigenvalue weighted by Gasteiger charge is -2.18. The van der Waals surface area contributed by atoms with E-state index >= 15 is 0 Å². The van der Waals surface area contributed by atoms with E-state index in [0.717, 1.165) is 5.56 Å². The molecule has 0 radical (unpaired) electrons. The molecule has 7 heteroatoms. The Hall–Kier alpha value is -0.660. The van der Waals surface area contributed by atoms with Crippen LogP contribution in [-0.4, -0.2) is 40.0 Å². The zero-order valence-electron chi connectivity index (χ0n) is 11.4. The maximum absolute atomic E-state index is 12.2. The van der Waals surface area contributed by atoms with Gasteiger partial charge in [-0.25, -0.2) is 13.1 Å². The molecule has 0 saturated carbocycles. The molecule has 0 amide bonds. The number of rotatable bonds is 6. The van der Waals surface area contributed by atoms with Crippen molar-refractivity contribution in [3.05, 3.63) is 28.8 Å². The van der Waals surface area contributed by atoms with Gasteiger partial charge in [-0.05, 0) is 38.7 Å². The van der Waals surface area contributed by atoms with Crippen LogP contribution in [0.1, 0.15) is 12.5 Å². The zero-order chi connectivity index (χ0) is 14.6. The van der Waals surface area contributed by atoms with Crippen LogP contribution in [0.5, 0.6) is 0 Å². The van der Waals surface area contributed by atoms with Crippen LogP contribution in [0.2, 0.25) is 5.02 Å². The van der Waals surface area contributed by atoms with Crippen LogP contribution in [0.3, 0.4) is 0 Å². The SMILES string of the molecule is CC(CN(C)C)NS(=O)(=O)c1ccc(CN)cc1Cl. The van der Waals surface area contributed by atoms with Crippen molar-refractivity contribution >= 4 is 21.6 Å². The van der Waals surface area contributed by atoms with Crippen molar-refractivity contribution in [1.82, 2.24) is 9.62 Å². The fraction of sp³-hybridized carbons (Fsp3) is 0.500. The van der Waals surface area contributed by atoms with Crippen molar-refractivity contribution in [2.45, 2.75) is 24.4 Å². The predicted molar refractivity (Wildman–Crippen MR) is 77.7 cm³/mol. The van der Waals surface area contributed by atoms with Gasteiger partial charge in [-0.3, -0.25) is 0 Å². The topological polar surface area (TPSA) is 75.4 Å². The van der Waals surface area contributed by atoms with Crippen LogP contribution in [-0.2, 0) is 16.6 Å². The number of likely N-dealkylation sites (N-methyl/N-ethyl adjacent to an activating group) is 1. The summed E-state index contributed by atoms with van der Waals surface area (Å²) in [4.78, 5) is 1.99. The lowest BCUT2D eigenvalue weighted by atomic mass is 10.2. The number of benzene rings is 1. The lowest BCUT2D eigenvalue weighted by Crippen LogP contribution is -2.39. The van der Waals surface area contributed by atoms with Gasteiger partial charge in [0.05, 0.1) is 5.02 Å². The Bertz CT molecular complexity index is 532. The molecule has 0 aromatic heterocycles. The first kappa shape index (κ1) is 16.4. The Morgan fingerprint density at radius 3 is 2.53 bits per heavy atom. The molecule has 1 aromatic carbocycles. The Labute approximate surface area is 119 Å². The van der Waals surface area contributed by atoms with Gasteiger partial charge < -0.3 is 10.6 Å². The molecule has 0 heterocycles. The summed E-state index contributed by atoms with van der Waals surface area (Å²) in [5, 5.41) is 0.188. The van der Waals surface area contributed by atoms with Gasteiger partial charge in [0, 0.05) is 19.1 Å². The zero-order valence-corrected chi connectivity index (χ0v) is 12.9. The van der Waals surface area contributed by atoms with E-state index in [1.54, 1.807) is 19.1 Å². The minimum atomic E-state index is -3.61. The van der Waals surface area contributed by atoms with Crippen molar-refractivity contribution in [3.8, 4) is 0 Å². The molecule has 0 aliphatic carbocycles. The molecule has 0 aliphatic heterocycles. The summed E-state index contributed by atoms with van der Waals surface area (Å²) in [6, 6.07) is 4.52. The molecule has 1 atom stereocenters. The van der Waals surface area contributed by atoms with E-state index in [0.29, 0.717) is 13.1 Å². The van der Waals surface area contributed by atoms with Crippen molar-refractivity contribution in [3.63, 3.8) is 0 Å². The predicted octanol–water partition coefficient (Wildman–Crippen LogP) is 1.03. The third kappa shape index (κ3) is 4.74. The van der Waals surface area contributed by atoms with Crippen molar-refractivity contribution in [1.29, 1.82) is 0 Å². The number of nitrogens with zero attached hydrogens (tertiary/aromatic N) is 1. The second-order valence-corrected chi connectivity index (χ2v) is 6.84. The Morgan fingerprint density at radius 1 is 1.42 bits per heavy atom. The van der Waals surface area contributed by atoms with Crippen molar-refractivity contribution in [2.75, 3.05) is 20.6 Å². The summed E-state index contributed by atoms with van der Waals surface area (Å²) in [5.74, 6) is 0. The van der Waals surface area contributed by atoms with Crippen molar-refractivity contribution < 1.29 is 8.42 Å². The minimum absolute atomic E-state index is 0.0805. The van der Waals surface area contributed by atoms with E-state index in [1.165, 1.54) is 6.07 Å². The first-order chi connectivity index (χ1) is 8.76. The minimum Gasteiger partial charge on any atom is -0.326 e. The first-order valence-electron chi connectivity index (χ1n) is 5.92. The van der Waals surface area contributed by atoms with Crippen LogP contribution >= 0.6 is 11.6 Å². The number of hydrogen-bond acceptors (Lipinski definition) is 4. The monoisotopic (exact) mass is 305 g/mol. The summed E-state index contributed by atoms with van der Waals surface area (Å²) >= 11 is 6.00. The standard InChI is InChI=1S/C12H20ClN3O2S/c1-9(8-16(2)3)15-19(17,18)12-5-4-10(7-14)6-11(12)13/h4-6,9,15H,7-8,14H2,1-3H3. The molecule has 5 nitrogen and oxygen atoms in total. The number of halogens is 1. The van der Waals surface area contributed by atoms with E-state index in [1.807, 2.05) is 19.0 Å². The summed E-state index contributed by atoms with van der Waals surface area (Å²) in [6.07, 6.45) is 0. The van der Waals surface area contributed by atoms with Gasteiger partial charge >= 0.3 is 0 Å². The molecule has 0 bridgehead atoms. The molecule has 0 spiro atoms. The smallest absolute Gasteiger partial charge is 0.242 e. The van der Waals surface area contributed by atoms with E-state index in [9.17, 15) is 8.42 Å². The molecular formula is C12H20ClN3O2S. The van der Waals surface area contributed by atoms with Gasteiger partial charge in [-0.15, -0.1) is 0 Å². The highest BCUT2D eigenvalue weighted by Gasteiger charge is 2.20. The molecule has 19 heavy (non-hydrogen) atoms. The maximum Gasteiger partial charge on any atom is 0.242 e. The third-order valence-corrected chi connectivity index (χ3v) is 4.59.